The van der Waals surface area contributed by atoms with E-state index in [4.69, 9.17) is 4.55 Å². The Morgan fingerprint density at radius 2 is 2.11 bits per heavy atom. The minimum atomic E-state index is -4.13. The summed E-state index contributed by atoms with van der Waals surface area (Å²) in [5, 5.41) is 9.44. The summed E-state index contributed by atoms with van der Waals surface area (Å²) in [5.41, 5.74) is 0.884. The van der Waals surface area contributed by atoms with Gasteiger partial charge in [0.2, 0.25) is 0 Å². The molecule has 0 saturated carbocycles. The number of thioether (sulfide) groups is 1. The lowest BCUT2D eigenvalue weighted by molar-refractivity contribution is 0.220. The van der Waals surface area contributed by atoms with E-state index in [9.17, 15) is 13.5 Å². The second-order valence-corrected chi connectivity index (χ2v) is 7.46. The molecule has 1 aromatic heterocycles. The molecule has 2 N–H and O–H groups in total. The van der Waals surface area contributed by atoms with Gasteiger partial charge in [-0.3, -0.25) is 4.55 Å². The summed E-state index contributed by atoms with van der Waals surface area (Å²) in [6.45, 7) is 0. The van der Waals surface area contributed by atoms with E-state index in [0.717, 1.165) is 14.6 Å². The van der Waals surface area contributed by atoms with Gasteiger partial charge in [-0.25, -0.2) is 4.98 Å². The van der Waals surface area contributed by atoms with Gasteiger partial charge in [0.1, 0.15) is 5.75 Å². The molecule has 0 aliphatic heterocycles. The first kappa shape index (κ1) is 13.8. The molecule has 2 rings (SSSR count). The number of para-hydroxylation sites is 1. The van der Waals surface area contributed by atoms with Gasteiger partial charge in [-0.1, -0.05) is 23.9 Å². The van der Waals surface area contributed by atoms with E-state index >= 15 is 0 Å². The molecule has 98 valence electrons. The van der Waals surface area contributed by atoms with E-state index in [0.29, 0.717) is 0 Å². The molecule has 0 amide bonds. The zero-order valence-corrected chi connectivity index (χ0v) is 11.6. The highest BCUT2D eigenvalue weighted by molar-refractivity contribution is 8.01. The number of benzene rings is 1. The van der Waals surface area contributed by atoms with Gasteiger partial charge >= 0.3 is 0 Å². The zero-order chi connectivity index (χ0) is 13.2. The van der Waals surface area contributed by atoms with Gasteiger partial charge in [0, 0.05) is 5.75 Å². The first-order valence-corrected chi connectivity index (χ1v) is 8.47. The van der Waals surface area contributed by atoms with Crippen molar-refractivity contribution in [2.45, 2.75) is 10.4 Å². The average Bonchev–Trinajstić information content (AvgIpc) is 2.66. The van der Waals surface area contributed by atoms with Crippen molar-refractivity contribution in [2.75, 3.05) is 11.5 Å². The standard InChI is InChI=1S/C10H11NO4S3/c12-7(6-18(13,14)15)5-16-10-11-8-3-1-2-4-9(8)17-10/h1-4,7,12H,5-6H2,(H,13,14,15)/t7-/m0/s1. The van der Waals surface area contributed by atoms with Gasteiger partial charge in [-0.15, -0.1) is 11.3 Å². The second-order valence-electron chi connectivity index (χ2n) is 3.66. The molecule has 0 bridgehead atoms. The van der Waals surface area contributed by atoms with Gasteiger partial charge in [-0.05, 0) is 12.1 Å². The number of fused-ring (bicyclic) bond motifs is 1. The molecule has 1 heterocycles. The molecule has 1 atom stereocenters. The Labute approximate surface area is 113 Å². The Morgan fingerprint density at radius 1 is 1.39 bits per heavy atom. The molecule has 0 aliphatic carbocycles. The molecule has 5 nitrogen and oxygen atoms in total. The van der Waals surface area contributed by atoms with Crippen LogP contribution >= 0.6 is 23.1 Å². The molecule has 0 spiro atoms. The van der Waals surface area contributed by atoms with Crippen molar-refractivity contribution >= 4 is 43.4 Å². The van der Waals surface area contributed by atoms with Crippen molar-refractivity contribution in [2.24, 2.45) is 0 Å². The van der Waals surface area contributed by atoms with Crippen LogP contribution in [0, 0.1) is 0 Å². The topological polar surface area (TPSA) is 87.5 Å². The fourth-order valence-corrected chi connectivity index (χ4v) is 4.15. The quantitative estimate of drug-likeness (QED) is 0.645. The Morgan fingerprint density at radius 3 is 2.78 bits per heavy atom. The van der Waals surface area contributed by atoms with Crippen LogP contribution in [-0.2, 0) is 10.1 Å². The van der Waals surface area contributed by atoms with E-state index in [1.54, 1.807) is 0 Å². The normalized spacial score (nSPS) is 13.9. The maximum atomic E-state index is 10.6. The number of rotatable bonds is 5. The largest absolute Gasteiger partial charge is 0.391 e. The fourth-order valence-electron chi connectivity index (χ4n) is 1.37. The van der Waals surface area contributed by atoms with Crippen LogP contribution in [0.4, 0.5) is 0 Å². The van der Waals surface area contributed by atoms with Gasteiger partial charge in [0.25, 0.3) is 10.1 Å². The summed E-state index contributed by atoms with van der Waals surface area (Å²) in [6, 6.07) is 7.65. The number of hydrogen-bond acceptors (Lipinski definition) is 6. The number of aliphatic hydroxyl groups is 1. The van der Waals surface area contributed by atoms with Crippen LogP contribution in [-0.4, -0.2) is 40.7 Å². The molecule has 0 unspecified atom stereocenters. The summed E-state index contributed by atoms with van der Waals surface area (Å²) in [4.78, 5) is 4.34. The molecule has 8 heteroatoms. The summed E-state index contributed by atoms with van der Waals surface area (Å²) in [7, 11) is -4.13. The molecule has 1 aromatic carbocycles. The van der Waals surface area contributed by atoms with Gasteiger partial charge in [-0.2, -0.15) is 8.42 Å². The Hall–Kier alpha value is -0.670. The Balaban J connectivity index is 1.98. The zero-order valence-electron chi connectivity index (χ0n) is 9.18. The van der Waals surface area contributed by atoms with Crippen LogP contribution < -0.4 is 0 Å². The molecule has 0 radical (unpaired) electrons. The van der Waals surface area contributed by atoms with Gasteiger partial charge in [0.05, 0.1) is 16.3 Å². The third-order valence-electron chi connectivity index (χ3n) is 2.08. The fraction of sp³-hybridized carbons (Fsp3) is 0.300. The average molecular weight is 305 g/mol. The highest BCUT2D eigenvalue weighted by Crippen LogP contribution is 2.29. The molecular weight excluding hydrogens is 294 g/mol. The van der Waals surface area contributed by atoms with Crippen molar-refractivity contribution in [3.8, 4) is 0 Å². The van der Waals surface area contributed by atoms with Crippen LogP contribution in [0.25, 0.3) is 10.2 Å². The van der Waals surface area contributed by atoms with Crippen molar-refractivity contribution in [1.82, 2.24) is 4.98 Å². The summed E-state index contributed by atoms with van der Waals surface area (Å²) < 4.78 is 31.5. The van der Waals surface area contributed by atoms with Crippen molar-refractivity contribution in [1.29, 1.82) is 0 Å². The smallest absolute Gasteiger partial charge is 0.267 e. The molecule has 0 saturated heterocycles. The number of thiazole rings is 1. The minimum Gasteiger partial charge on any atom is -0.391 e. The van der Waals surface area contributed by atoms with Crippen molar-refractivity contribution in [3.63, 3.8) is 0 Å². The highest BCUT2D eigenvalue weighted by Gasteiger charge is 2.15. The van der Waals surface area contributed by atoms with Crippen molar-refractivity contribution < 1.29 is 18.1 Å². The lowest BCUT2D eigenvalue weighted by Crippen LogP contribution is -2.22. The molecule has 18 heavy (non-hydrogen) atoms. The number of aliphatic hydroxyl groups excluding tert-OH is 1. The molecule has 0 fully saturated rings. The van der Waals surface area contributed by atoms with E-state index in [1.165, 1.54) is 23.1 Å². The first-order chi connectivity index (χ1) is 8.44. The monoisotopic (exact) mass is 305 g/mol. The van der Waals surface area contributed by atoms with Crippen LogP contribution in [0.3, 0.4) is 0 Å². The van der Waals surface area contributed by atoms with Crippen molar-refractivity contribution in [3.05, 3.63) is 24.3 Å². The maximum Gasteiger partial charge on any atom is 0.267 e. The van der Waals surface area contributed by atoms with Gasteiger partial charge in [0.15, 0.2) is 4.34 Å². The summed E-state index contributed by atoms with van der Waals surface area (Å²) in [6.07, 6.45) is -1.10. The number of aromatic nitrogens is 1. The lowest BCUT2D eigenvalue weighted by atomic mass is 10.3. The van der Waals surface area contributed by atoms with E-state index < -0.39 is 22.0 Å². The SMILES string of the molecule is O=S(=O)(O)C[C@@H](O)CSc1nc2ccccc2s1. The highest BCUT2D eigenvalue weighted by atomic mass is 32.2. The molecule has 2 aromatic rings. The Kier molecular flexibility index (Phi) is 4.23. The number of nitrogens with zero attached hydrogens (tertiary/aromatic N) is 1. The summed E-state index contributed by atoms with van der Waals surface area (Å²) in [5.74, 6) is -0.468. The third kappa shape index (κ3) is 3.92. The minimum absolute atomic E-state index is 0.180. The number of hydrogen-bond donors (Lipinski definition) is 2. The van der Waals surface area contributed by atoms with Crippen LogP contribution in [0.15, 0.2) is 28.6 Å². The summed E-state index contributed by atoms with van der Waals surface area (Å²) >= 11 is 2.76. The van der Waals surface area contributed by atoms with Gasteiger partial charge < -0.3 is 5.11 Å². The van der Waals surface area contributed by atoms with E-state index in [-0.39, 0.29) is 5.75 Å². The predicted octanol–water partition coefficient (Wildman–Crippen LogP) is 1.64. The van der Waals surface area contributed by atoms with Crippen LogP contribution in [0.2, 0.25) is 0 Å². The van der Waals surface area contributed by atoms with E-state index in [1.807, 2.05) is 24.3 Å². The lowest BCUT2D eigenvalue weighted by Gasteiger charge is -2.05. The van der Waals surface area contributed by atoms with Crippen LogP contribution in [0.1, 0.15) is 0 Å². The predicted molar refractivity (Wildman–Crippen MR) is 72.8 cm³/mol. The third-order valence-corrected chi connectivity index (χ3v) is 5.21. The maximum absolute atomic E-state index is 10.6. The van der Waals surface area contributed by atoms with Crippen LogP contribution in [0.5, 0.6) is 0 Å². The molecule has 0 aliphatic rings. The Bertz CT molecular complexity index is 604. The first-order valence-electron chi connectivity index (χ1n) is 5.05. The second kappa shape index (κ2) is 5.54. The van der Waals surface area contributed by atoms with E-state index in [2.05, 4.69) is 4.98 Å². The molecular formula is C10H11NO4S3.